The van der Waals surface area contributed by atoms with Crippen molar-refractivity contribution >= 4 is 11.5 Å². The molecule has 0 amide bonds. The highest BCUT2D eigenvalue weighted by atomic mass is 16.6. The van der Waals surface area contributed by atoms with Crippen LogP contribution >= 0.6 is 0 Å². The Balaban J connectivity index is 2.52. The van der Waals surface area contributed by atoms with Crippen LogP contribution in [0.25, 0.3) is 0 Å². The van der Waals surface area contributed by atoms with Gasteiger partial charge in [-0.1, -0.05) is 0 Å². The van der Waals surface area contributed by atoms with E-state index in [2.05, 4.69) is 15.6 Å². The fraction of sp³-hybridized carbons (Fsp3) is 0.545. The number of nitrogens with zero attached hydrogens (tertiary/aromatic N) is 2. The lowest BCUT2D eigenvalue weighted by Crippen LogP contribution is -2.25. The first-order valence-electron chi connectivity index (χ1n) is 5.82. The summed E-state index contributed by atoms with van der Waals surface area (Å²) in [7, 11) is 3.09. The minimum Gasteiger partial charge on any atom is -0.481 e. The van der Waals surface area contributed by atoms with Gasteiger partial charge in [-0.3, -0.25) is 10.1 Å². The van der Waals surface area contributed by atoms with Gasteiger partial charge in [0.15, 0.2) is 0 Å². The van der Waals surface area contributed by atoms with E-state index in [1.54, 1.807) is 7.11 Å². The van der Waals surface area contributed by atoms with E-state index >= 15 is 0 Å². The molecule has 0 aliphatic heterocycles. The van der Waals surface area contributed by atoms with Crippen LogP contribution in [0.1, 0.15) is 0 Å². The molecule has 0 saturated heterocycles. The lowest BCUT2D eigenvalue weighted by Gasteiger charge is -2.08. The molecular weight excluding hydrogens is 252 g/mol. The van der Waals surface area contributed by atoms with Crippen molar-refractivity contribution in [3.8, 4) is 5.88 Å². The molecule has 0 fully saturated rings. The van der Waals surface area contributed by atoms with Crippen molar-refractivity contribution in [2.75, 3.05) is 45.8 Å². The van der Waals surface area contributed by atoms with Gasteiger partial charge in [-0.05, 0) is 0 Å². The molecule has 0 bridgehead atoms. The number of methoxy groups -OCH3 is 2. The molecule has 0 radical (unpaired) electrons. The molecule has 1 aromatic rings. The Morgan fingerprint density at radius 2 is 2.11 bits per heavy atom. The van der Waals surface area contributed by atoms with Gasteiger partial charge in [0.1, 0.15) is 0 Å². The van der Waals surface area contributed by atoms with Gasteiger partial charge in [0, 0.05) is 38.9 Å². The van der Waals surface area contributed by atoms with E-state index in [0.29, 0.717) is 25.6 Å². The van der Waals surface area contributed by atoms with Gasteiger partial charge < -0.3 is 20.1 Å². The second kappa shape index (κ2) is 8.22. The van der Waals surface area contributed by atoms with Crippen molar-refractivity contribution in [1.82, 2.24) is 10.3 Å². The highest BCUT2D eigenvalue weighted by Gasteiger charge is 2.15. The maximum Gasteiger partial charge on any atom is 0.311 e. The highest BCUT2D eigenvalue weighted by molar-refractivity contribution is 5.56. The molecule has 106 valence electrons. The Labute approximate surface area is 111 Å². The van der Waals surface area contributed by atoms with Crippen molar-refractivity contribution in [3.05, 3.63) is 22.2 Å². The number of aromatic nitrogens is 1. The van der Waals surface area contributed by atoms with E-state index in [1.165, 1.54) is 19.2 Å². The Morgan fingerprint density at radius 3 is 2.74 bits per heavy atom. The van der Waals surface area contributed by atoms with E-state index in [9.17, 15) is 10.1 Å². The minimum absolute atomic E-state index is 0.0716. The van der Waals surface area contributed by atoms with E-state index in [4.69, 9.17) is 9.47 Å². The van der Waals surface area contributed by atoms with E-state index in [-0.39, 0.29) is 11.5 Å². The van der Waals surface area contributed by atoms with E-state index in [1.807, 2.05) is 0 Å². The number of hydrogen-bond acceptors (Lipinski definition) is 7. The van der Waals surface area contributed by atoms with Crippen LogP contribution in [0, 0.1) is 10.1 Å². The molecule has 1 aromatic heterocycles. The normalized spacial score (nSPS) is 10.2. The molecule has 0 aliphatic rings. The van der Waals surface area contributed by atoms with Crippen LogP contribution in [0.5, 0.6) is 5.88 Å². The number of pyridine rings is 1. The summed E-state index contributed by atoms with van der Waals surface area (Å²) in [6.45, 7) is 2.52. The van der Waals surface area contributed by atoms with Crippen molar-refractivity contribution < 1.29 is 14.4 Å². The SMILES string of the molecule is COCCNCCNc1nc(OC)ccc1[N+](=O)[O-]. The van der Waals surface area contributed by atoms with Crippen LogP contribution < -0.4 is 15.4 Å². The standard InChI is InChI=1S/C11H18N4O4/c1-18-8-7-12-5-6-13-11-9(15(16)17)3-4-10(14-11)19-2/h3-4,12H,5-8H2,1-2H3,(H,13,14). The molecule has 8 heteroatoms. The molecule has 0 aromatic carbocycles. The molecule has 19 heavy (non-hydrogen) atoms. The van der Waals surface area contributed by atoms with Crippen molar-refractivity contribution in [2.45, 2.75) is 0 Å². The Bertz CT molecular complexity index is 414. The zero-order valence-corrected chi connectivity index (χ0v) is 11.0. The molecule has 0 saturated carbocycles. The fourth-order valence-electron chi connectivity index (χ4n) is 1.39. The number of nitro groups is 1. The van der Waals surface area contributed by atoms with Crippen molar-refractivity contribution in [2.24, 2.45) is 0 Å². The van der Waals surface area contributed by atoms with Gasteiger partial charge in [0.2, 0.25) is 11.7 Å². The monoisotopic (exact) mass is 270 g/mol. The summed E-state index contributed by atoms with van der Waals surface area (Å²) in [6, 6.07) is 2.83. The van der Waals surface area contributed by atoms with Gasteiger partial charge in [0.25, 0.3) is 0 Å². The first kappa shape index (κ1) is 15.1. The van der Waals surface area contributed by atoms with Gasteiger partial charge in [0.05, 0.1) is 18.6 Å². The minimum atomic E-state index is -0.479. The summed E-state index contributed by atoms with van der Waals surface area (Å²) in [5.41, 5.74) is -0.0716. The van der Waals surface area contributed by atoms with Crippen LogP contribution in [0.15, 0.2) is 12.1 Å². The molecule has 1 heterocycles. The van der Waals surface area contributed by atoms with E-state index < -0.39 is 4.92 Å². The zero-order chi connectivity index (χ0) is 14.1. The Hall–Kier alpha value is -1.93. The van der Waals surface area contributed by atoms with Gasteiger partial charge in [-0.25, -0.2) is 0 Å². The molecule has 0 spiro atoms. The number of rotatable bonds is 9. The first-order chi connectivity index (χ1) is 9.19. The lowest BCUT2D eigenvalue weighted by molar-refractivity contribution is -0.384. The molecule has 8 nitrogen and oxygen atoms in total. The summed E-state index contributed by atoms with van der Waals surface area (Å²) in [5.74, 6) is 0.540. The average Bonchev–Trinajstić information content (AvgIpc) is 2.42. The molecule has 0 aliphatic carbocycles. The van der Waals surface area contributed by atoms with Gasteiger partial charge in [-0.15, -0.1) is 0 Å². The quantitative estimate of drug-likeness (QED) is 0.386. The fourth-order valence-corrected chi connectivity index (χ4v) is 1.39. The summed E-state index contributed by atoms with van der Waals surface area (Å²) in [5, 5.41) is 16.9. The maximum absolute atomic E-state index is 10.8. The van der Waals surface area contributed by atoms with Crippen molar-refractivity contribution in [1.29, 1.82) is 0 Å². The van der Waals surface area contributed by atoms with Crippen molar-refractivity contribution in [3.63, 3.8) is 0 Å². The van der Waals surface area contributed by atoms with Crippen LogP contribution in [0.3, 0.4) is 0 Å². The van der Waals surface area contributed by atoms with Crippen LogP contribution in [0.2, 0.25) is 0 Å². The topological polar surface area (TPSA) is 98.5 Å². The van der Waals surface area contributed by atoms with Gasteiger partial charge >= 0.3 is 5.69 Å². The first-order valence-corrected chi connectivity index (χ1v) is 5.82. The number of anilines is 1. The second-order valence-corrected chi connectivity index (χ2v) is 3.65. The molecule has 2 N–H and O–H groups in total. The van der Waals surface area contributed by atoms with Gasteiger partial charge in [-0.2, -0.15) is 4.98 Å². The van der Waals surface area contributed by atoms with E-state index in [0.717, 1.165) is 6.54 Å². The third kappa shape index (κ3) is 5.06. The summed E-state index contributed by atoms with van der Waals surface area (Å²) < 4.78 is 9.83. The highest BCUT2D eigenvalue weighted by Crippen LogP contribution is 2.24. The van der Waals surface area contributed by atoms with Crippen LogP contribution in [-0.2, 0) is 4.74 Å². The molecule has 0 atom stereocenters. The molecule has 0 unspecified atom stereocenters. The lowest BCUT2D eigenvalue weighted by atomic mass is 10.4. The third-order valence-electron chi connectivity index (χ3n) is 2.33. The number of ether oxygens (including phenoxy) is 2. The predicted molar refractivity (Wildman–Crippen MR) is 70.7 cm³/mol. The maximum atomic E-state index is 10.8. The average molecular weight is 270 g/mol. The Kier molecular flexibility index (Phi) is 6.55. The molecular formula is C11H18N4O4. The summed E-state index contributed by atoms with van der Waals surface area (Å²) >= 11 is 0. The smallest absolute Gasteiger partial charge is 0.311 e. The van der Waals surface area contributed by atoms with Crippen LogP contribution in [0.4, 0.5) is 11.5 Å². The third-order valence-corrected chi connectivity index (χ3v) is 2.33. The largest absolute Gasteiger partial charge is 0.481 e. The second-order valence-electron chi connectivity index (χ2n) is 3.65. The number of hydrogen-bond donors (Lipinski definition) is 2. The predicted octanol–water partition coefficient (Wildman–Crippen LogP) is 0.646. The Morgan fingerprint density at radius 1 is 1.32 bits per heavy atom. The molecule has 1 rings (SSSR count). The zero-order valence-electron chi connectivity index (χ0n) is 11.0. The van der Waals surface area contributed by atoms with Crippen LogP contribution in [-0.4, -0.2) is 50.4 Å². The number of nitrogens with one attached hydrogen (secondary N) is 2. The summed E-state index contributed by atoms with van der Waals surface area (Å²) in [4.78, 5) is 14.4. The summed E-state index contributed by atoms with van der Waals surface area (Å²) in [6.07, 6.45) is 0.